The summed E-state index contributed by atoms with van der Waals surface area (Å²) in [6.07, 6.45) is 2.55. The number of carbonyl (C=O) groups excluding carboxylic acids is 3. The van der Waals surface area contributed by atoms with E-state index in [1.165, 1.54) is 39.6 Å². The third-order valence-corrected chi connectivity index (χ3v) is 6.89. The van der Waals surface area contributed by atoms with Gasteiger partial charge in [-0.1, -0.05) is 6.07 Å². The minimum atomic E-state index is -0.707. The van der Waals surface area contributed by atoms with Crippen LogP contribution in [0.5, 0.6) is 5.75 Å². The molecule has 0 spiro atoms. The Hall–Kier alpha value is -3.56. The van der Waals surface area contributed by atoms with Gasteiger partial charge in [0.05, 0.1) is 6.04 Å². The maximum atomic E-state index is 14.0. The summed E-state index contributed by atoms with van der Waals surface area (Å²) in [5, 5.41) is 10.6. The zero-order valence-corrected chi connectivity index (χ0v) is 19.9. The SMILES string of the molecule is CN1C(=O)CCCC(=O)N(C)C2CCCCn3c2nc(c(O)c3=O)C(=O)CCc2ccc(F)cc21. The van der Waals surface area contributed by atoms with E-state index in [4.69, 9.17) is 0 Å². The molecule has 2 aromatic rings. The van der Waals surface area contributed by atoms with Crippen LogP contribution in [-0.4, -0.2) is 51.3 Å². The molecule has 1 N–H and O–H groups in total. The highest BCUT2D eigenvalue weighted by molar-refractivity contribution is 5.97. The molecule has 1 atom stereocenters. The number of benzene rings is 1. The molecule has 186 valence electrons. The van der Waals surface area contributed by atoms with Gasteiger partial charge in [0.2, 0.25) is 17.6 Å². The number of hydrogen-bond donors (Lipinski definition) is 1. The lowest BCUT2D eigenvalue weighted by atomic mass is 10.0. The van der Waals surface area contributed by atoms with Crippen molar-refractivity contribution < 1.29 is 23.9 Å². The largest absolute Gasteiger partial charge is 0.501 e. The Morgan fingerprint density at radius 1 is 0.971 bits per heavy atom. The maximum absolute atomic E-state index is 14.0. The molecule has 35 heavy (non-hydrogen) atoms. The fourth-order valence-corrected chi connectivity index (χ4v) is 4.80. The minimum Gasteiger partial charge on any atom is -0.501 e. The van der Waals surface area contributed by atoms with Crippen LogP contribution >= 0.6 is 0 Å². The molecule has 0 radical (unpaired) electrons. The number of Topliss-reactive ketones (excluding diaryl/α,β-unsaturated/α-hetero) is 1. The molecule has 1 unspecified atom stereocenters. The third-order valence-electron chi connectivity index (χ3n) is 6.89. The Bertz CT molecular complexity index is 1240. The van der Waals surface area contributed by atoms with Crippen molar-refractivity contribution in [1.82, 2.24) is 14.5 Å². The van der Waals surface area contributed by atoms with Gasteiger partial charge in [-0.15, -0.1) is 0 Å². The van der Waals surface area contributed by atoms with E-state index in [0.717, 1.165) is 6.42 Å². The Labute approximate surface area is 202 Å². The zero-order valence-electron chi connectivity index (χ0n) is 19.9. The van der Waals surface area contributed by atoms with Crippen molar-refractivity contribution in [2.24, 2.45) is 0 Å². The number of carbonyl (C=O) groups is 3. The van der Waals surface area contributed by atoms with Crippen LogP contribution in [0.1, 0.15) is 72.9 Å². The summed E-state index contributed by atoms with van der Waals surface area (Å²) in [6, 6.07) is 3.47. The van der Waals surface area contributed by atoms with E-state index in [9.17, 15) is 28.7 Å². The first-order valence-corrected chi connectivity index (χ1v) is 11.9. The first-order chi connectivity index (χ1) is 16.7. The van der Waals surface area contributed by atoms with Gasteiger partial charge in [-0.25, -0.2) is 9.37 Å². The van der Waals surface area contributed by atoms with Crippen molar-refractivity contribution in [3.63, 3.8) is 0 Å². The number of halogens is 1. The number of hydrogen-bond acceptors (Lipinski definition) is 6. The van der Waals surface area contributed by atoms with Crippen molar-refractivity contribution in [1.29, 1.82) is 0 Å². The Morgan fingerprint density at radius 2 is 1.71 bits per heavy atom. The maximum Gasteiger partial charge on any atom is 0.296 e. The molecule has 1 aromatic carbocycles. The summed E-state index contributed by atoms with van der Waals surface area (Å²) in [7, 11) is 3.16. The van der Waals surface area contributed by atoms with Gasteiger partial charge in [-0.2, -0.15) is 0 Å². The normalized spacial score (nSPS) is 20.0. The van der Waals surface area contributed by atoms with Crippen molar-refractivity contribution in [2.75, 3.05) is 19.0 Å². The Morgan fingerprint density at radius 3 is 2.49 bits per heavy atom. The van der Waals surface area contributed by atoms with E-state index in [1.807, 2.05) is 0 Å². The Kier molecular flexibility index (Phi) is 7.00. The van der Waals surface area contributed by atoms with Gasteiger partial charge in [-0.3, -0.25) is 23.7 Å². The molecule has 2 aliphatic heterocycles. The van der Waals surface area contributed by atoms with Crippen LogP contribution in [-0.2, 0) is 22.6 Å². The fraction of sp³-hybridized carbons (Fsp3) is 0.480. The average Bonchev–Trinajstić information content (AvgIpc) is 3.06. The molecule has 0 fully saturated rings. The topological polar surface area (TPSA) is 113 Å². The van der Waals surface area contributed by atoms with Crippen molar-refractivity contribution in [3.05, 3.63) is 51.5 Å². The summed E-state index contributed by atoms with van der Waals surface area (Å²) >= 11 is 0. The van der Waals surface area contributed by atoms with Crippen LogP contribution in [0.25, 0.3) is 0 Å². The standard InChI is InChI=1S/C25H29FN4O5/c1-28-17-6-3-4-13-30-24(17)27-22(23(34)25(30)35)19(31)12-10-15-9-11-16(26)14-18(15)29(2)21(33)8-5-7-20(28)32/h9,11,14,17,34H,3-8,10,12-13H2,1-2H3. The van der Waals surface area contributed by atoms with Gasteiger partial charge in [0.15, 0.2) is 11.5 Å². The summed E-state index contributed by atoms with van der Waals surface area (Å²) < 4.78 is 15.4. The number of fused-ring (bicyclic) bond motifs is 2. The van der Waals surface area contributed by atoms with Crippen LogP contribution in [0.2, 0.25) is 0 Å². The van der Waals surface area contributed by atoms with Gasteiger partial charge < -0.3 is 14.9 Å². The monoisotopic (exact) mass is 484 g/mol. The summed E-state index contributed by atoms with van der Waals surface area (Å²) in [6.45, 7) is 0.335. The summed E-state index contributed by atoms with van der Waals surface area (Å²) in [5.41, 5.74) is -0.117. The van der Waals surface area contributed by atoms with Crippen LogP contribution in [0.4, 0.5) is 10.1 Å². The first-order valence-electron chi connectivity index (χ1n) is 11.9. The number of rotatable bonds is 0. The highest BCUT2D eigenvalue weighted by Crippen LogP contribution is 2.30. The number of aryl methyl sites for hydroxylation is 1. The van der Waals surface area contributed by atoms with Gasteiger partial charge in [-0.05, 0) is 49.8 Å². The van der Waals surface area contributed by atoms with Crippen LogP contribution in [0.15, 0.2) is 23.0 Å². The number of aromatic hydroxyl groups is 1. The summed E-state index contributed by atoms with van der Waals surface area (Å²) in [5.74, 6) is -1.97. The molecule has 2 bridgehead atoms. The molecule has 0 saturated carbocycles. The molecule has 2 aliphatic rings. The second-order valence-electron chi connectivity index (χ2n) is 9.14. The predicted octanol–water partition coefficient (Wildman–Crippen LogP) is 2.73. The lowest BCUT2D eigenvalue weighted by molar-refractivity contribution is -0.132. The van der Waals surface area contributed by atoms with E-state index >= 15 is 0 Å². The van der Waals surface area contributed by atoms with E-state index in [1.54, 1.807) is 7.05 Å². The molecular weight excluding hydrogens is 455 g/mol. The van der Waals surface area contributed by atoms with E-state index < -0.39 is 29.0 Å². The zero-order chi connectivity index (χ0) is 25.3. The van der Waals surface area contributed by atoms with Gasteiger partial charge in [0, 0.05) is 45.6 Å². The second-order valence-corrected chi connectivity index (χ2v) is 9.14. The van der Waals surface area contributed by atoms with E-state index in [-0.39, 0.29) is 49.0 Å². The van der Waals surface area contributed by atoms with E-state index in [2.05, 4.69) is 4.98 Å². The highest BCUT2D eigenvalue weighted by Gasteiger charge is 2.31. The number of nitrogens with zero attached hydrogens (tertiary/aromatic N) is 4. The van der Waals surface area contributed by atoms with Crippen molar-refractivity contribution in [2.45, 2.75) is 64.0 Å². The third kappa shape index (κ3) is 4.82. The lowest BCUT2D eigenvalue weighted by Crippen LogP contribution is -2.36. The molecule has 2 amide bonds. The minimum absolute atomic E-state index is 0.0992. The van der Waals surface area contributed by atoms with Crippen LogP contribution < -0.4 is 10.5 Å². The molecule has 0 aliphatic carbocycles. The second kappa shape index (κ2) is 9.97. The molecule has 0 saturated heterocycles. The quantitative estimate of drug-likeness (QED) is 0.615. The first kappa shape index (κ1) is 24.6. The summed E-state index contributed by atoms with van der Waals surface area (Å²) in [4.78, 5) is 59.2. The highest BCUT2D eigenvalue weighted by atomic mass is 19.1. The van der Waals surface area contributed by atoms with Crippen LogP contribution in [0, 0.1) is 5.82 Å². The molecule has 4 rings (SSSR count). The molecule has 3 heterocycles. The number of anilines is 1. The van der Waals surface area contributed by atoms with Gasteiger partial charge in [0.1, 0.15) is 11.6 Å². The molecular formula is C25H29FN4O5. The van der Waals surface area contributed by atoms with Gasteiger partial charge >= 0.3 is 0 Å². The predicted molar refractivity (Wildman–Crippen MR) is 126 cm³/mol. The number of amides is 2. The fourth-order valence-electron chi connectivity index (χ4n) is 4.80. The average molecular weight is 485 g/mol. The smallest absolute Gasteiger partial charge is 0.296 e. The van der Waals surface area contributed by atoms with Gasteiger partial charge in [0.25, 0.3) is 5.56 Å². The van der Waals surface area contributed by atoms with Crippen LogP contribution in [0.3, 0.4) is 0 Å². The Balaban J connectivity index is 1.81. The molecule has 9 nitrogen and oxygen atoms in total. The molecule has 10 heteroatoms. The number of aromatic nitrogens is 2. The van der Waals surface area contributed by atoms with Crippen molar-refractivity contribution in [3.8, 4) is 5.75 Å². The van der Waals surface area contributed by atoms with E-state index in [0.29, 0.717) is 37.1 Å². The number of ketones is 1. The lowest BCUT2D eigenvalue weighted by Gasteiger charge is -2.28. The molecule has 1 aromatic heterocycles. The van der Waals surface area contributed by atoms with Crippen molar-refractivity contribution >= 4 is 23.3 Å².